The molecule has 0 bridgehead atoms. The SMILES string of the molecule is NC1CCC(=O)N(CCn2cccn2)C1=O. The van der Waals surface area contributed by atoms with E-state index in [1.807, 2.05) is 0 Å². The maximum absolute atomic E-state index is 11.6. The van der Waals surface area contributed by atoms with Crippen LogP contribution in [0.5, 0.6) is 0 Å². The Labute approximate surface area is 93.0 Å². The molecule has 1 unspecified atom stereocenters. The van der Waals surface area contributed by atoms with Crippen molar-refractivity contribution < 1.29 is 9.59 Å². The second kappa shape index (κ2) is 4.44. The zero-order chi connectivity index (χ0) is 11.5. The monoisotopic (exact) mass is 222 g/mol. The Morgan fingerprint density at radius 1 is 1.44 bits per heavy atom. The lowest BCUT2D eigenvalue weighted by atomic mass is 10.1. The van der Waals surface area contributed by atoms with Crippen LogP contribution in [0.4, 0.5) is 0 Å². The Morgan fingerprint density at radius 2 is 2.25 bits per heavy atom. The van der Waals surface area contributed by atoms with Gasteiger partial charge in [-0.1, -0.05) is 0 Å². The van der Waals surface area contributed by atoms with E-state index in [0.717, 1.165) is 0 Å². The van der Waals surface area contributed by atoms with Crippen LogP contribution >= 0.6 is 0 Å². The van der Waals surface area contributed by atoms with Crippen molar-refractivity contribution >= 4 is 11.8 Å². The fourth-order valence-electron chi connectivity index (χ4n) is 1.73. The van der Waals surface area contributed by atoms with E-state index in [2.05, 4.69) is 5.10 Å². The van der Waals surface area contributed by atoms with Gasteiger partial charge in [0.15, 0.2) is 0 Å². The Balaban J connectivity index is 1.97. The molecule has 0 spiro atoms. The average Bonchev–Trinajstić information content (AvgIpc) is 2.77. The molecule has 2 amide bonds. The van der Waals surface area contributed by atoms with Gasteiger partial charge in [0.05, 0.1) is 12.6 Å². The molecule has 0 aromatic carbocycles. The van der Waals surface area contributed by atoms with Crippen molar-refractivity contribution in [2.24, 2.45) is 5.73 Å². The van der Waals surface area contributed by atoms with Gasteiger partial charge >= 0.3 is 0 Å². The van der Waals surface area contributed by atoms with E-state index in [1.165, 1.54) is 4.90 Å². The first kappa shape index (κ1) is 10.8. The summed E-state index contributed by atoms with van der Waals surface area (Å²) in [5.41, 5.74) is 5.61. The molecule has 86 valence electrons. The first-order valence-corrected chi connectivity index (χ1v) is 5.25. The lowest BCUT2D eigenvalue weighted by Crippen LogP contribution is -2.52. The van der Waals surface area contributed by atoms with Gasteiger partial charge < -0.3 is 5.73 Å². The standard InChI is InChI=1S/C10H14N4O2/c11-8-2-3-9(15)14(10(8)16)7-6-13-5-1-4-12-13/h1,4-5,8H,2-3,6-7,11H2. The highest BCUT2D eigenvalue weighted by Crippen LogP contribution is 2.11. The van der Waals surface area contributed by atoms with E-state index in [1.54, 1.807) is 23.1 Å². The van der Waals surface area contributed by atoms with E-state index >= 15 is 0 Å². The summed E-state index contributed by atoms with van der Waals surface area (Å²) < 4.78 is 1.68. The quantitative estimate of drug-likeness (QED) is 0.690. The Morgan fingerprint density at radius 3 is 2.94 bits per heavy atom. The summed E-state index contributed by atoms with van der Waals surface area (Å²) in [6.07, 6.45) is 4.26. The van der Waals surface area contributed by atoms with Crippen molar-refractivity contribution in [2.45, 2.75) is 25.4 Å². The van der Waals surface area contributed by atoms with Gasteiger partial charge in [0.1, 0.15) is 0 Å². The third-order valence-electron chi connectivity index (χ3n) is 2.67. The number of rotatable bonds is 3. The molecule has 1 aromatic rings. The number of amides is 2. The second-order valence-corrected chi connectivity index (χ2v) is 3.80. The molecule has 16 heavy (non-hydrogen) atoms. The number of hydrogen-bond donors (Lipinski definition) is 1. The molecule has 1 saturated heterocycles. The zero-order valence-corrected chi connectivity index (χ0v) is 8.87. The Kier molecular flexibility index (Phi) is 3.00. The Bertz CT molecular complexity index is 388. The van der Waals surface area contributed by atoms with Crippen molar-refractivity contribution in [3.8, 4) is 0 Å². The predicted octanol–water partition coefficient (Wildman–Crippen LogP) is -0.641. The maximum Gasteiger partial charge on any atom is 0.246 e. The molecule has 2 N–H and O–H groups in total. The molecule has 1 fully saturated rings. The molecule has 6 nitrogen and oxygen atoms in total. The van der Waals surface area contributed by atoms with Crippen LogP contribution in [-0.2, 0) is 16.1 Å². The molecule has 0 radical (unpaired) electrons. The summed E-state index contributed by atoms with van der Waals surface area (Å²) in [5.74, 6) is -0.415. The molecule has 2 rings (SSSR count). The van der Waals surface area contributed by atoms with E-state index in [9.17, 15) is 9.59 Å². The van der Waals surface area contributed by atoms with Gasteiger partial charge in [-0.25, -0.2) is 0 Å². The molecule has 1 atom stereocenters. The number of aromatic nitrogens is 2. The number of hydrogen-bond acceptors (Lipinski definition) is 4. The van der Waals surface area contributed by atoms with E-state index in [4.69, 9.17) is 5.73 Å². The van der Waals surface area contributed by atoms with Gasteiger partial charge in [0.2, 0.25) is 11.8 Å². The molecule has 0 aliphatic carbocycles. The smallest absolute Gasteiger partial charge is 0.246 e. The first-order valence-electron chi connectivity index (χ1n) is 5.25. The summed E-state index contributed by atoms with van der Waals surface area (Å²) in [6, 6.07) is 1.27. The molecular weight excluding hydrogens is 208 g/mol. The number of nitrogens with zero attached hydrogens (tertiary/aromatic N) is 3. The fourth-order valence-corrected chi connectivity index (χ4v) is 1.73. The van der Waals surface area contributed by atoms with Gasteiger partial charge in [-0.2, -0.15) is 5.10 Å². The summed E-state index contributed by atoms with van der Waals surface area (Å²) in [6.45, 7) is 0.851. The molecule has 1 aromatic heterocycles. The largest absolute Gasteiger partial charge is 0.320 e. The normalized spacial score (nSPS) is 21.6. The number of carbonyl (C=O) groups is 2. The van der Waals surface area contributed by atoms with Crippen LogP contribution in [0.1, 0.15) is 12.8 Å². The van der Waals surface area contributed by atoms with Crippen LogP contribution in [-0.4, -0.2) is 39.1 Å². The van der Waals surface area contributed by atoms with E-state index < -0.39 is 6.04 Å². The molecule has 1 aliphatic heterocycles. The van der Waals surface area contributed by atoms with E-state index in [0.29, 0.717) is 25.9 Å². The lowest BCUT2D eigenvalue weighted by molar-refractivity contribution is -0.149. The van der Waals surface area contributed by atoms with Crippen LogP contribution < -0.4 is 5.73 Å². The van der Waals surface area contributed by atoms with Crippen LogP contribution in [0.3, 0.4) is 0 Å². The third-order valence-corrected chi connectivity index (χ3v) is 2.67. The zero-order valence-electron chi connectivity index (χ0n) is 8.87. The van der Waals surface area contributed by atoms with Gasteiger partial charge in [-0.15, -0.1) is 0 Å². The Hall–Kier alpha value is -1.69. The predicted molar refractivity (Wildman–Crippen MR) is 56.2 cm³/mol. The summed E-state index contributed by atoms with van der Waals surface area (Å²) in [5, 5.41) is 4.01. The molecule has 6 heteroatoms. The highest BCUT2D eigenvalue weighted by Gasteiger charge is 2.31. The number of carbonyl (C=O) groups excluding carboxylic acids is 2. The highest BCUT2D eigenvalue weighted by molar-refractivity contribution is 6.00. The third kappa shape index (κ3) is 2.11. The van der Waals surface area contributed by atoms with Gasteiger partial charge in [0, 0.05) is 25.4 Å². The summed E-state index contributed by atoms with van der Waals surface area (Å²) >= 11 is 0. The molecule has 2 heterocycles. The molecular formula is C10H14N4O2. The topological polar surface area (TPSA) is 81.2 Å². The minimum atomic E-state index is -0.532. The molecule has 0 saturated carbocycles. The average molecular weight is 222 g/mol. The lowest BCUT2D eigenvalue weighted by Gasteiger charge is -2.28. The van der Waals surface area contributed by atoms with Crippen molar-refractivity contribution in [2.75, 3.05) is 6.54 Å². The van der Waals surface area contributed by atoms with Crippen LogP contribution in [0.25, 0.3) is 0 Å². The highest BCUT2D eigenvalue weighted by atomic mass is 16.2. The van der Waals surface area contributed by atoms with E-state index in [-0.39, 0.29) is 11.8 Å². The van der Waals surface area contributed by atoms with Gasteiger partial charge in [0.25, 0.3) is 0 Å². The van der Waals surface area contributed by atoms with Crippen LogP contribution in [0.15, 0.2) is 18.5 Å². The number of piperidine rings is 1. The van der Waals surface area contributed by atoms with Crippen molar-refractivity contribution in [1.29, 1.82) is 0 Å². The minimum absolute atomic E-state index is 0.140. The van der Waals surface area contributed by atoms with Crippen molar-refractivity contribution in [3.05, 3.63) is 18.5 Å². The van der Waals surface area contributed by atoms with Gasteiger partial charge in [-0.05, 0) is 12.5 Å². The van der Waals surface area contributed by atoms with Crippen LogP contribution in [0.2, 0.25) is 0 Å². The fraction of sp³-hybridized carbons (Fsp3) is 0.500. The number of likely N-dealkylation sites (tertiary alicyclic amines) is 1. The minimum Gasteiger partial charge on any atom is -0.320 e. The maximum atomic E-state index is 11.6. The number of imide groups is 1. The van der Waals surface area contributed by atoms with Crippen LogP contribution in [0, 0.1) is 0 Å². The first-order chi connectivity index (χ1) is 7.68. The summed E-state index contributed by atoms with van der Waals surface area (Å²) in [4.78, 5) is 24.4. The molecule has 1 aliphatic rings. The number of nitrogens with two attached hydrogens (primary N) is 1. The van der Waals surface area contributed by atoms with Crippen molar-refractivity contribution in [1.82, 2.24) is 14.7 Å². The second-order valence-electron chi connectivity index (χ2n) is 3.80. The van der Waals surface area contributed by atoms with Crippen molar-refractivity contribution in [3.63, 3.8) is 0 Å². The van der Waals surface area contributed by atoms with Gasteiger partial charge in [-0.3, -0.25) is 19.2 Å². The summed E-state index contributed by atoms with van der Waals surface area (Å²) in [7, 11) is 0.